The molecule has 23 heavy (non-hydrogen) atoms. The van der Waals surface area contributed by atoms with Crippen LogP contribution in [0.5, 0.6) is 0 Å². The fraction of sp³-hybridized carbons (Fsp3) is 0.467. The third kappa shape index (κ3) is 4.86. The Hall–Kier alpha value is -1.76. The zero-order valence-corrected chi connectivity index (χ0v) is 13.0. The summed E-state index contributed by atoms with van der Waals surface area (Å²) in [4.78, 5) is 24.7. The molecule has 2 rings (SSSR count). The Balaban J connectivity index is 1.82. The molecule has 1 saturated heterocycles. The van der Waals surface area contributed by atoms with Gasteiger partial charge in [0.2, 0.25) is 0 Å². The lowest BCUT2D eigenvalue weighted by Gasteiger charge is -2.32. The van der Waals surface area contributed by atoms with Crippen molar-refractivity contribution < 1.29 is 22.8 Å². The molecule has 0 atom stereocenters. The molecule has 1 aromatic carbocycles. The lowest BCUT2D eigenvalue weighted by molar-refractivity contribution is -0.173. The number of hydrogen-bond acceptors (Lipinski definition) is 2. The molecule has 8 heteroatoms. The van der Waals surface area contributed by atoms with Gasteiger partial charge in [-0.3, -0.25) is 9.59 Å². The van der Waals surface area contributed by atoms with Crippen molar-refractivity contribution in [2.24, 2.45) is 5.92 Å². The van der Waals surface area contributed by atoms with Gasteiger partial charge in [0.25, 0.3) is 5.91 Å². The van der Waals surface area contributed by atoms with E-state index in [0.29, 0.717) is 36.5 Å². The monoisotopic (exact) mass is 348 g/mol. The summed E-state index contributed by atoms with van der Waals surface area (Å²) in [7, 11) is 0. The molecule has 4 nitrogen and oxygen atoms in total. The Bertz CT molecular complexity index is 584. The highest BCUT2D eigenvalue weighted by Crippen LogP contribution is 2.21. The molecule has 0 aliphatic carbocycles. The van der Waals surface area contributed by atoms with Crippen molar-refractivity contribution >= 4 is 23.4 Å². The Morgan fingerprint density at radius 2 is 1.91 bits per heavy atom. The lowest BCUT2D eigenvalue weighted by Crippen LogP contribution is -2.44. The zero-order valence-electron chi connectivity index (χ0n) is 12.2. The normalized spacial score (nSPS) is 16.3. The van der Waals surface area contributed by atoms with Gasteiger partial charge in [0.05, 0.1) is 0 Å². The van der Waals surface area contributed by atoms with Crippen LogP contribution in [0, 0.1) is 5.92 Å². The fourth-order valence-electron chi connectivity index (χ4n) is 2.48. The minimum Gasteiger partial charge on any atom is -0.348 e. The predicted octanol–water partition coefficient (Wildman–Crippen LogP) is 2.87. The molecule has 126 valence electrons. The molecule has 1 aromatic rings. The summed E-state index contributed by atoms with van der Waals surface area (Å²) in [6.07, 6.45) is -3.77. The van der Waals surface area contributed by atoms with Crippen LogP contribution in [-0.2, 0) is 4.79 Å². The molecule has 0 bridgehead atoms. The number of hydrogen-bond donors (Lipinski definition) is 1. The first kappa shape index (κ1) is 17.6. The smallest absolute Gasteiger partial charge is 0.348 e. The van der Waals surface area contributed by atoms with E-state index in [1.54, 1.807) is 29.2 Å². The minimum absolute atomic E-state index is 0.0302. The van der Waals surface area contributed by atoms with Crippen molar-refractivity contribution in [2.45, 2.75) is 19.0 Å². The number of nitrogens with one attached hydrogen (secondary N) is 1. The van der Waals surface area contributed by atoms with Crippen LogP contribution in [0.4, 0.5) is 13.2 Å². The van der Waals surface area contributed by atoms with Crippen LogP contribution >= 0.6 is 11.6 Å². The van der Waals surface area contributed by atoms with Gasteiger partial charge in [-0.25, -0.2) is 0 Å². The van der Waals surface area contributed by atoms with Crippen LogP contribution in [0.3, 0.4) is 0 Å². The number of carbonyl (C=O) groups excluding carboxylic acids is 2. The summed E-state index contributed by atoms with van der Waals surface area (Å²) in [5, 5.41) is 2.36. The molecule has 0 saturated carbocycles. The van der Waals surface area contributed by atoms with Gasteiger partial charge in [-0.05, 0) is 37.0 Å². The third-order valence-electron chi connectivity index (χ3n) is 3.78. The molecular weight excluding hydrogens is 333 g/mol. The van der Waals surface area contributed by atoms with Gasteiger partial charge in [-0.1, -0.05) is 17.7 Å². The van der Waals surface area contributed by atoms with E-state index >= 15 is 0 Å². The van der Waals surface area contributed by atoms with Crippen LogP contribution in [0.15, 0.2) is 24.3 Å². The Labute approximate surface area is 136 Å². The SMILES string of the molecule is O=C(c1cccc(Cl)c1)N1CCC(CNC(=O)C(F)(F)F)CC1. The molecule has 1 aliphatic heterocycles. The molecule has 2 amide bonds. The summed E-state index contributed by atoms with van der Waals surface area (Å²) < 4.78 is 36.3. The zero-order chi connectivity index (χ0) is 17.0. The van der Waals surface area contributed by atoms with Crippen molar-refractivity contribution in [1.29, 1.82) is 0 Å². The number of amides is 2. The Kier molecular flexibility index (Phi) is 5.51. The van der Waals surface area contributed by atoms with E-state index in [9.17, 15) is 22.8 Å². The van der Waals surface area contributed by atoms with Crippen molar-refractivity contribution in [3.05, 3.63) is 34.9 Å². The standard InChI is InChI=1S/C15H16ClF3N2O2/c16-12-3-1-2-11(8-12)13(22)21-6-4-10(5-7-21)9-20-14(23)15(17,18)19/h1-3,8,10H,4-7,9H2,(H,20,23). The number of nitrogens with zero attached hydrogens (tertiary/aromatic N) is 1. The molecular formula is C15H16ClF3N2O2. The van der Waals surface area contributed by atoms with E-state index in [1.807, 2.05) is 5.32 Å². The number of carbonyl (C=O) groups is 2. The van der Waals surface area contributed by atoms with Crippen LogP contribution in [-0.4, -0.2) is 42.5 Å². The van der Waals surface area contributed by atoms with Crippen LogP contribution in [0.2, 0.25) is 5.02 Å². The van der Waals surface area contributed by atoms with Gasteiger partial charge in [0.15, 0.2) is 0 Å². The number of piperidine rings is 1. The van der Waals surface area contributed by atoms with Crippen molar-refractivity contribution in [3.63, 3.8) is 0 Å². The van der Waals surface area contributed by atoms with Gasteiger partial charge in [-0.15, -0.1) is 0 Å². The number of halogens is 4. The van der Waals surface area contributed by atoms with E-state index in [1.165, 1.54) is 0 Å². The highest BCUT2D eigenvalue weighted by molar-refractivity contribution is 6.30. The first-order valence-corrected chi connectivity index (χ1v) is 7.55. The van der Waals surface area contributed by atoms with Gasteiger partial charge in [-0.2, -0.15) is 13.2 Å². The van der Waals surface area contributed by atoms with Crippen molar-refractivity contribution in [1.82, 2.24) is 10.2 Å². The molecule has 1 N–H and O–H groups in total. The minimum atomic E-state index is -4.86. The van der Waals surface area contributed by atoms with E-state index in [-0.39, 0.29) is 18.4 Å². The average Bonchev–Trinajstić information content (AvgIpc) is 2.51. The first-order valence-electron chi connectivity index (χ1n) is 7.17. The lowest BCUT2D eigenvalue weighted by atomic mass is 9.96. The maximum absolute atomic E-state index is 12.3. The molecule has 1 fully saturated rings. The van der Waals surface area contributed by atoms with Gasteiger partial charge in [0, 0.05) is 30.2 Å². The number of benzene rings is 1. The average molecular weight is 349 g/mol. The molecule has 0 unspecified atom stereocenters. The second-order valence-electron chi connectivity index (χ2n) is 5.45. The maximum atomic E-state index is 12.3. The van der Waals surface area contributed by atoms with Crippen molar-refractivity contribution in [3.8, 4) is 0 Å². The fourth-order valence-corrected chi connectivity index (χ4v) is 2.67. The van der Waals surface area contributed by atoms with E-state index in [0.717, 1.165) is 0 Å². The molecule has 0 radical (unpaired) electrons. The maximum Gasteiger partial charge on any atom is 0.471 e. The third-order valence-corrected chi connectivity index (χ3v) is 4.02. The summed E-state index contributed by atoms with van der Waals surface area (Å²) >= 11 is 5.86. The number of likely N-dealkylation sites (tertiary alicyclic amines) is 1. The van der Waals surface area contributed by atoms with Gasteiger partial charge < -0.3 is 10.2 Å². The van der Waals surface area contributed by atoms with E-state index in [4.69, 9.17) is 11.6 Å². The summed E-state index contributed by atoms with van der Waals surface area (Å²) in [6.45, 7) is 0.855. The van der Waals surface area contributed by atoms with Crippen molar-refractivity contribution in [2.75, 3.05) is 19.6 Å². The summed E-state index contributed by atoms with van der Waals surface area (Å²) in [5.74, 6) is -2.13. The number of alkyl halides is 3. The highest BCUT2D eigenvalue weighted by atomic mass is 35.5. The molecule has 0 aromatic heterocycles. The second-order valence-corrected chi connectivity index (χ2v) is 5.89. The summed E-state index contributed by atoms with van der Waals surface area (Å²) in [5.41, 5.74) is 0.487. The van der Waals surface area contributed by atoms with Crippen LogP contribution < -0.4 is 5.32 Å². The van der Waals surface area contributed by atoms with Crippen LogP contribution in [0.25, 0.3) is 0 Å². The molecule has 1 heterocycles. The van der Waals surface area contributed by atoms with E-state index in [2.05, 4.69) is 0 Å². The highest BCUT2D eigenvalue weighted by Gasteiger charge is 2.38. The predicted molar refractivity (Wildman–Crippen MR) is 79.1 cm³/mol. The first-order chi connectivity index (χ1) is 10.8. The van der Waals surface area contributed by atoms with E-state index < -0.39 is 12.1 Å². The van der Waals surface area contributed by atoms with Gasteiger partial charge in [0.1, 0.15) is 0 Å². The Morgan fingerprint density at radius 3 is 2.48 bits per heavy atom. The van der Waals surface area contributed by atoms with Crippen LogP contribution in [0.1, 0.15) is 23.2 Å². The number of rotatable bonds is 3. The quantitative estimate of drug-likeness (QED) is 0.913. The second kappa shape index (κ2) is 7.21. The molecule has 0 spiro atoms. The van der Waals surface area contributed by atoms with Gasteiger partial charge >= 0.3 is 12.1 Å². The topological polar surface area (TPSA) is 49.4 Å². The summed E-state index contributed by atoms with van der Waals surface area (Å²) in [6, 6.07) is 6.62. The Morgan fingerprint density at radius 1 is 1.26 bits per heavy atom. The largest absolute Gasteiger partial charge is 0.471 e. The molecule has 1 aliphatic rings.